The van der Waals surface area contributed by atoms with Crippen LogP contribution in [0, 0.1) is 0 Å². The fourth-order valence-electron chi connectivity index (χ4n) is 2.28. The Morgan fingerprint density at radius 3 is 2.41 bits per heavy atom. The smallest absolute Gasteiger partial charge is 0.315 e. The van der Waals surface area contributed by atoms with E-state index in [2.05, 4.69) is 10.6 Å². The zero-order valence-electron chi connectivity index (χ0n) is 14.0. The lowest BCUT2D eigenvalue weighted by Gasteiger charge is -2.27. The molecule has 0 radical (unpaired) electrons. The van der Waals surface area contributed by atoms with Gasteiger partial charge in [0.25, 0.3) is 0 Å². The second-order valence-corrected chi connectivity index (χ2v) is 6.19. The van der Waals surface area contributed by atoms with Crippen LogP contribution in [-0.4, -0.2) is 36.4 Å². The largest absolute Gasteiger partial charge is 0.392 e. The summed E-state index contributed by atoms with van der Waals surface area (Å²) < 4.78 is 5.36. The molecule has 1 unspecified atom stereocenters. The minimum absolute atomic E-state index is 0.0405. The standard InChI is InChI=1S/C17H28N2O3/c1-13(11-17(2,3)22-4)19-16(21)18-10-9-14-5-7-15(12-20)8-6-14/h5-8,13,20H,9-12H2,1-4H3,(H2,18,19,21). The fraction of sp³-hybridized carbons (Fsp3) is 0.588. The SMILES string of the molecule is COC(C)(C)CC(C)NC(=O)NCCc1ccc(CO)cc1. The Balaban J connectivity index is 2.27. The normalized spacial score (nSPS) is 12.8. The Hall–Kier alpha value is -1.59. The molecule has 0 aromatic heterocycles. The zero-order chi connectivity index (χ0) is 16.6. The van der Waals surface area contributed by atoms with Crippen molar-refractivity contribution >= 4 is 6.03 Å². The van der Waals surface area contributed by atoms with Gasteiger partial charge in [-0.05, 0) is 44.7 Å². The van der Waals surface area contributed by atoms with Gasteiger partial charge in [0.1, 0.15) is 0 Å². The number of benzene rings is 1. The van der Waals surface area contributed by atoms with Gasteiger partial charge in [0.15, 0.2) is 0 Å². The van der Waals surface area contributed by atoms with Crippen molar-refractivity contribution < 1.29 is 14.6 Å². The third kappa shape index (κ3) is 6.91. The minimum atomic E-state index is -0.249. The number of nitrogens with one attached hydrogen (secondary N) is 2. The van der Waals surface area contributed by atoms with Crippen LogP contribution < -0.4 is 10.6 Å². The monoisotopic (exact) mass is 308 g/mol. The Morgan fingerprint density at radius 2 is 1.86 bits per heavy atom. The summed E-state index contributed by atoms with van der Waals surface area (Å²) >= 11 is 0. The number of ether oxygens (including phenoxy) is 1. The molecule has 124 valence electrons. The van der Waals surface area contributed by atoms with Crippen LogP contribution in [0.1, 0.15) is 38.3 Å². The number of hydrogen-bond acceptors (Lipinski definition) is 3. The van der Waals surface area contributed by atoms with Crippen LogP contribution in [0.5, 0.6) is 0 Å². The Bertz CT molecular complexity index is 457. The van der Waals surface area contributed by atoms with Gasteiger partial charge in [-0.1, -0.05) is 24.3 Å². The van der Waals surface area contributed by atoms with Crippen molar-refractivity contribution in [3.8, 4) is 0 Å². The number of carbonyl (C=O) groups is 1. The fourth-order valence-corrected chi connectivity index (χ4v) is 2.28. The predicted octanol–water partition coefficient (Wildman–Crippen LogP) is 2.22. The van der Waals surface area contributed by atoms with Crippen molar-refractivity contribution in [2.75, 3.05) is 13.7 Å². The quantitative estimate of drug-likeness (QED) is 0.689. The van der Waals surface area contributed by atoms with E-state index in [4.69, 9.17) is 9.84 Å². The lowest BCUT2D eigenvalue weighted by molar-refractivity contribution is 0.00951. The number of carbonyl (C=O) groups excluding carboxylic acids is 1. The molecule has 0 fully saturated rings. The van der Waals surface area contributed by atoms with Gasteiger partial charge in [-0.15, -0.1) is 0 Å². The summed E-state index contributed by atoms with van der Waals surface area (Å²) in [6.45, 7) is 6.59. The van der Waals surface area contributed by atoms with Crippen molar-refractivity contribution in [1.82, 2.24) is 10.6 Å². The van der Waals surface area contributed by atoms with E-state index < -0.39 is 0 Å². The molecule has 0 aliphatic rings. The molecule has 0 aliphatic carbocycles. The second-order valence-electron chi connectivity index (χ2n) is 6.19. The molecule has 0 heterocycles. The third-order valence-electron chi connectivity index (χ3n) is 3.63. The van der Waals surface area contributed by atoms with E-state index >= 15 is 0 Å². The molecule has 0 aliphatic heterocycles. The number of aliphatic hydroxyl groups is 1. The Labute approximate surface area is 133 Å². The maximum absolute atomic E-state index is 11.8. The van der Waals surface area contributed by atoms with Crippen LogP contribution in [0.25, 0.3) is 0 Å². The summed E-state index contributed by atoms with van der Waals surface area (Å²) in [6, 6.07) is 7.60. The van der Waals surface area contributed by atoms with Gasteiger partial charge in [-0.25, -0.2) is 4.79 Å². The highest BCUT2D eigenvalue weighted by molar-refractivity contribution is 5.74. The molecule has 1 rings (SSSR count). The molecule has 0 bridgehead atoms. The van der Waals surface area contributed by atoms with Crippen LogP contribution in [0.4, 0.5) is 4.79 Å². The Morgan fingerprint density at radius 1 is 1.27 bits per heavy atom. The molecule has 1 aromatic carbocycles. The summed E-state index contributed by atoms with van der Waals surface area (Å²) in [5, 5.41) is 14.8. The summed E-state index contributed by atoms with van der Waals surface area (Å²) in [7, 11) is 1.68. The molecular formula is C17H28N2O3. The molecule has 1 aromatic rings. The van der Waals surface area contributed by atoms with Gasteiger partial charge in [-0.2, -0.15) is 0 Å². The van der Waals surface area contributed by atoms with Gasteiger partial charge in [0, 0.05) is 19.7 Å². The van der Waals surface area contributed by atoms with Crippen LogP contribution >= 0.6 is 0 Å². The molecule has 3 N–H and O–H groups in total. The highest BCUT2D eigenvalue weighted by Crippen LogP contribution is 2.15. The topological polar surface area (TPSA) is 70.6 Å². The average molecular weight is 308 g/mol. The second kappa shape index (κ2) is 8.76. The summed E-state index contributed by atoms with van der Waals surface area (Å²) in [5.41, 5.74) is 1.77. The molecular weight excluding hydrogens is 280 g/mol. The molecule has 5 heteroatoms. The molecule has 22 heavy (non-hydrogen) atoms. The first-order chi connectivity index (χ1) is 10.4. The van der Waals surface area contributed by atoms with Gasteiger partial charge >= 0.3 is 6.03 Å². The van der Waals surface area contributed by atoms with Crippen LogP contribution in [0.3, 0.4) is 0 Å². The lowest BCUT2D eigenvalue weighted by atomic mass is 10.00. The van der Waals surface area contributed by atoms with Gasteiger partial charge < -0.3 is 20.5 Å². The highest BCUT2D eigenvalue weighted by atomic mass is 16.5. The van der Waals surface area contributed by atoms with E-state index in [1.165, 1.54) is 0 Å². The molecule has 0 spiro atoms. The molecule has 0 saturated heterocycles. The first-order valence-corrected chi connectivity index (χ1v) is 7.64. The first-order valence-electron chi connectivity index (χ1n) is 7.64. The number of rotatable bonds is 8. The number of hydrogen-bond donors (Lipinski definition) is 3. The zero-order valence-corrected chi connectivity index (χ0v) is 14.0. The van der Waals surface area contributed by atoms with Crippen molar-refractivity contribution in [1.29, 1.82) is 0 Å². The molecule has 0 saturated carbocycles. The van der Waals surface area contributed by atoms with E-state index in [9.17, 15) is 4.79 Å². The van der Waals surface area contributed by atoms with Gasteiger partial charge in [0.05, 0.1) is 12.2 Å². The lowest BCUT2D eigenvalue weighted by Crippen LogP contribution is -2.44. The third-order valence-corrected chi connectivity index (χ3v) is 3.63. The average Bonchev–Trinajstić information content (AvgIpc) is 2.47. The van der Waals surface area contributed by atoms with Crippen molar-refractivity contribution in [2.24, 2.45) is 0 Å². The summed E-state index contributed by atoms with van der Waals surface area (Å²) in [5.74, 6) is 0. The van der Waals surface area contributed by atoms with E-state index in [0.29, 0.717) is 6.54 Å². The van der Waals surface area contributed by atoms with Crippen LogP contribution in [0.15, 0.2) is 24.3 Å². The number of amides is 2. The molecule has 2 amide bonds. The highest BCUT2D eigenvalue weighted by Gasteiger charge is 2.21. The van der Waals surface area contributed by atoms with Crippen molar-refractivity contribution in [3.05, 3.63) is 35.4 Å². The van der Waals surface area contributed by atoms with Gasteiger partial charge in [0.2, 0.25) is 0 Å². The summed E-state index contributed by atoms with van der Waals surface area (Å²) in [6.07, 6.45) is 1.51. The number of methoxy groups -OCH3 is 1. The van der Waals surface area contributed by atoms with Crippen molar-refractivity contribution in [3.63, 3.8) is 0 Å². The van der Waals surface area contributed by atoms with E-state index in [1.807, 2.05) is 45.0 Å². The van der Waals surface area contributed by atoms with E-state index in [0.717, 1.165) is 24.0 Å². The maximum Gasteiger partial charge on any atom is 0.315 e. The number of urea groups is 1. The summed E-state index contributed by atoms with van der Waals surface area (Å²) in [4.78, 5) is 11.8. The molecule has 5 nitrogen and oxygen atoms in total. The van der Waals surface area contributed by atoms with Gasteiger partial charge in [-0.3, -0.25) is 0 Å². The first kappa shape index (κ1) is 18.5. The Kier molecular flexibility index (Phi) is 7.35. The van der Waals surface area contributed by atoms with E-state index in [-0.39, 0.29) is 24.3 Å². The van der Waals surface area contributed by atoms with Crippen LogP contribution in [-0.2, 0) is 17.8 Å². The number of aliphatic hydroxyl groups excluding tert-OH is 1. The van der Waals surface area contributed by atoms with Crippen LogP contribution in [0.2, 0.25) is 0 Å². The minimum Gasteiger partial charge on any atom is -0.392 e. The molecule has 1 atom stereocenters. The van der Waals surface area contributed by atoms with E-state index in [1.54, 1.807) is 7.11 Å². The van der Waals surface area contributed by atoms with Crippen molar-refractivity contribution in [2.45, 2.75) is 51.9 Å². The predicted molar refractivity (Wildman–Crippen MR) is 87.8 cm³/mol. The maximum atomic E-state index is 11.8.